The molecule has 0 bridgehead atoms. The summed E-state index contributed by atoms with van der Waals surface area (Å²) in [6.45, 7) is 3.72. The predicted molar refractivity (Wildman–Crippen MR) is 79.8 cm³/mol. The molecule has 1 aromatic carbocycles. The van der Waals surface area contributed by atoms with Gasteiger partial charge in [0.1, 0.15) is 5.82 Å². The maximum atomic E-state index is 13.0. The molecule has 0 aliphatic rings. The van der Waals surface area contributed by atoms with Crippen molar-refractivity contribution >= 4 is 11.9 Å². The average molecular weight is 304 g/mol. The van der Waals surface area contributed by atoms with Crippen molar-refractivity contribution in [3.63, 3.8) is 0 Å². The Labute approximate surface area is 127 Å². The molecular formula is C16H17FN2O3. The highest BCUT2D eigenvalue weighted by Gasteiger charge is 2.16. The summed E-state index contributed by atoms with van der Waals surface area (Å²) in [5, 5.41) is 11.2. The molecule has 116 valence electrons. The number of carbonyl (C=O) groups excluding carboxylic acids is 1. The van der Waals surface area contributed by atoms with Gasteiger partial charge in [-0.3, -0.25) is 9.59 Å². The quantitative estimate of drug-likeness (QED) is 0.891. The molecule has 0 unspecified atom stereocenters. The Hall–Kier alpha value is -2.63. The van der Waals surface area contributed by atoms with E-state index in [0.717, 1.165) is 17.1 Å². The lowest BCUT2D eigenvalue weighted by atomic mass is 10.2. The molecule has 2 N–H and O–H groups in total. The number of hydrogen-bond donors (Lipinski definition) is 2. The van der Waals surface area contributed by atoms with Crippen molar-refractivity contribution in [3.8, 4) is 5.69 Å². The molecule has 0 spiro atoms. The van der Waals surface area contributed by atoms with Gasteiger partial charge in [0.05, 0.1) is 12.0 Å². The number of carbonyl (C=O) groups is 2. The van der Waals surface area contributed by atoms with Crippen molar-refractivity contribution in [1.29, 1.82) is 0 Å². The number of nitrogens with one attached hydrogen (secondary N) is 1. The van der Waals surface area contributed by atoms with Gasteiger partial charge in [0, 0.05) is 23.6 Å². The fourth-order valence-electron chi connectivity index (χ4n) is 2.36. The van der Waals surface area contributed by atoms with Gasteiger partial charge in [0.15, 0.2) is 0 Å². The SMILES string of the molecule is Cc1cc(C(=O)NCCC(=O)O)c(C)n1-c1ccc(F)cc1. The van der Waals surface area contributed by atoms with E-state index in [4.69, 9.17) is 5.11 Å². The average Bonchev–Trinajstić information content (AvgIpc) is 2.75. The molecule has 0 aliphatic heterocycles. The Morgan fingerprint density at radius 1 is 1.23 bits per heavy atom. The van der Waals surface area contributed by atoms with E-state index in [2.05, 4.69) is 5.32 Å². The normalized spacial score (nSPS) is 10.5. The van der Waals surface area contributed by atoms with E-state index < -0.39 is 5.97 Å². The number of hydrogen-bond acceptors (Lipinski definition) is 2. The molecule has 0 atom stereocenters. The number of aryl methyl sites for hydroxylation is 1. The molecule has 1 heterocycles. The molecule has 0 saturated carbocycles. The summed E-state index contributed by atoms with van der Waals surface area (Å²) in [5.74, 6) is -1.60. The van der Waals surface area contributed by atoms with E-state index in [1.54, 1.807) is 25.1 Å². The highest BCUT2D eigenvalue weighted by Crippen LogP contribution is 2.21. The van der Waals surface area contributed by atoms with Crippen molar-refractivity contribution in [2.75, 3.05) is 6.54 Å². The van der Waals surface area contributed by atoms with E-state index >= 15 is 0 Å². The lowest BCUT2D eigenvalue weighted by molar-refractivity contribution is -0.136. The summed E-state index contributed by atoms with van der Waals surface area (Å²) in [6, 6.07) is 7.74. The summed E-state index contributed by atoms with van der Waals surface area (Å²) < 4.78 is 14.9. The zero-order chi connectivity index (χ0) is 16.3. The Balaban J connectivity index is 2.25. The first-order chi connectivity index (χ1) is 10.4. The smallest absolute Gasteiger partial charge is 0.305 e. The molecular weight excluding hydrogens is 287 g/mol. The molecule has 2 aromatic rings. The van der Waals surface area contributed by atoms with E-state index in [-0.39, 0.29) is 24.7 Å². The van der Waals surface area contributed by atoms with Gasteiger partial charge in [0.25, 0.3) is 5.91 Å². The van der Waals surface area contributed by atoms with Crippen LogP contribution in [0.2, 0.25) is 0 Å². The molecule has 0 saturated heterocycles. The third-order valence-corrected chi connectivity index (χ3v) is 3.39. The highest BCUT2D eigenvalue weighted by molar-refractivity contribution is 5.96. The van der Waals surface area contributed by atoms with Crippen LogP contribution in [0.3, 0.4) is 0 Å². The first kappa shape index (κ1) is 15.8. The largest absolute Gasteiger partial charge is 0.481 e. The van der Waals surface area contributed by atoms with Gasteiger partial charge in [-0.15, -0.1) is 0 Å². The zero-order valence-corrected chi connectivity index (χ0v) is 12.4. The van der Waals surface area contributed by atoms with E-state index in [1.807, 2.05) is 11.5 Å². The summed E-state index contributed by atoms with van der Waals surface area (Å²) in [7, 11) is 0. The Morgan fingerprint density at radius 2 is 1.86 bits per heavy atom. The number of carboxylic acid groups (broad SMARTS) is 1. The van der Waals surface area contributed by atoms with Gasteiger partial charge in [0.2, 0.25) is 0 Å². The Bertz CT molecular complexity index is 705. The highest BCUT2D eigenvalue weighted by atomic mass is 19.1. The monoisotopic (exact) mass is 304 g/mol. The second-order valence-corrected chi connectivity index (χ2v) is 5.00. The number of aromatic nitrogens is 1. The molecule has 22 heavy (non-hydrogen) atoms. The fourth-order valence-corrected chi connectivity index (χ4v) is 2.36. The molecule has 2 rings (SSSR count). The summed E-state index contributed by atoms with van der Waals surface area (Å²) in [4.78, 5) is 22.6. The molecule has 1 aromatic heterocycles. The van der Waals surface area contributed by atoms with Gasteiger partial charge in [-0.05, 0) is 44.2 Å². The van der Waals surface area contributed by atoms with Crippen LogP contribution in [0.15, 0.2) is 30.3 Å². The Morgan fingerprint density at radius 3 is 2.45 bits per heavy atom. The second kappa shape index (κ2) is 6.43. The van der Waals surface area contributed by atoms with Crippen LogP contribution in [0.5, 0.6) is 0 Å². The molecule has 0 fully saturated rings. The molecule has 0 radical (unpaired) electrons. The number of amides is 1. The minimum absolute atomic E-state index is 0.0778. The van der Waals surface area contributed by atoms with E-state index in [1.165, 1.54) is 12.1 Å². The number of halogens is 1. The van der Waals surface area contributed by atoms with E-state index in [0.29, 0.717) is 5.56 Å². The number of carboxylic acids is 1. The molecule has 1 amide bonds. The van der Waals surface area contributed by atoms with Crippen molar-refractivity contribution in [2.24, 2.45) is 0 Å². The maximum absolute atomic E-state index is 13.0. The van der Waals surface area contributed by atoms with Crippen molar-refractivity contribution in [3.05, 3.63) is 53.1 Å². The standard InChI is InChI=1S/C16H17FN2O3/c1-10-9-14(16(22)18-8-7-15(20)21)11(2)19(10)13-5-3-12(17)4-6-13/h3-6,9H,7-8H2,1-2H3,(H,18,22)(H,20,21). The third-order valence-electron chi connectivity index (χ3n) is 3.39. The lowest BCUT2D eigenvalue weighted by Gasteiger charge is -2.10. The third kappa shape index (κ3) is 3.33. The molecule has 6 heteroatoms. The van der Waals surface area contributed by atoms with E-state index in [9.17, 15) is 14.0 Å². The van der Waals surface area contributed by atoms with Gasteiger partial charge in [-0.25, -0.2) is 4.39 Å². The van der Waals surface area contributed by atoms with Crippen LogP contribution in [-0.2, 0) is 4.79 Å². The van der Waals surface area contributed by atoms with Crippen molar-refractivity contribution in [2.45, 2.75) is 20.3 Å². The van der Waals surface area contributed by atoms with Crippen LogP contribution in [0, 0.1) is 19.7 Å². The van der Waals surface area contributed by atoms with Crippen LogP contribution in [0.1, 0.15) is 28.2 Å². The molecule has 0 aliphatic carbocycles. The van der Waals surface area contributed by atoms with Crippen LogP contribution in [0.4, 0.5) is 4.39 Å². The first-order valence-corrected chi connectivity index (χ1v) is 6.85. The van der Waals surface area contributed by atoms with Gasteiger partial charge >= 0.3 is 5.97 Å². The van der Waals surface area contributed by atoms with Gasteiger partial charge in [-0.2, -0.15) is 0 Å². The minimum atomic E-state index is -0.961. The topological polar surface area (TPSA) is 71.3 Å². The number of rotatable bonds is 5. The van der Waals surface area contributed by atoms with Gasteiger partial charge in [-0.1, -0.05) is 0 Å². The summed E-state index contributed by atoms with van der Waals surface area (Å²) in [6.07, 6.45) is -0.123. The second-order valence-electron chi connectivity index (χ2n) is 5.00. The zero-order valence-electron chi connectivity index (χ0n) is 12.4. The van der Waals surface area contributed by atoms with Gasteiger partial charge < -0.3 is 15.0 Å². The van der Waals surface area contributed by atoms with Crippen LogP contribution in [0.25, 0.3) is 5.69 Å². The van der Waals surface area contributed by atoms with Crippen molar-refractivity contribution in [1.82, 2.24) is 9.88 Å². The molecule has 5 nitrogen and oxygen atoms in total. The summed E-state index contributed by atoms with van der Waals surface area (Å²) in [5.41, 5.74) is 2.80. The van der Waals surface area contributed by atoms with Crippen LogP contribution >= 0.6 is 0 Å². The first-order valence-electron chi connectivity index (χ1n) is 6.85. The number of nitrogens with zero attached hydrogens (tertiary/aromatic N) is 1. The Kier molecular flexibility index (Phi) is 4.60. The number of benzene rings is 1. The van der Waals surface area contributed by atoms with Crippen LogP contribution in [-0.4, -0.2) is 28.1 Å². The lowest BCUT2D eigenvalue weighted by Crippen LogP contribution is -2.26. The van der Waals surface area contributed by atoms with Crippen LogP contribution < -0.4 is 5.32 Å². The minimum Gasteiger partial charge on any atom is -0.481 e. The predicted octanol–water partition coefficient (Wildman–Crippen LogP) is 2.44. The summed E-state index contributed by atoms with van der Waals surface area (Å²) >= 11 is 0. The maximum Gasteiger partial charge on any atom is 0.305 e. The number of aliphatic carboxylic acids is 1. The van der Waals surface area contributed by atoms with Crippen molar-refractivity contribution < 1.29 is 19.1 Å². The fraction of sp³-hybridized carbons (Fsp3) is 0.250.